The van der Waals surface area contributed by atoms with Crippen molar-refractivity contribution in [3.63, 3.8) is 0 Å². The Labute approximate surface area is 131 Å². The van der Waals surface area contributed by atoms with E-state index in [1.54, 1.807) is 0 Å². The molecule has 2 aromatic carbocycles. The number of benzene rings is 2. The predicted octanol–water partition coefficient (Wildman–Crippen LogP) is 3.24. The SMILES string of the molecule is O=C(Cc1ccccc1)N1CCN(C2CC2)c2ccccc21. The van der Waals surface area contributed by atoms with Gasteiger partial charge in [-0.05, 0) is 30.5 Å². The zero-order chi connectivity index (χ0) is 14.9. The molecule has 112 valence electrons. The molecule has 0 N–H and O–H groups in total. The van der Waals surface area contributed by atoms with E-state index in [9.17, 15) is 4.79 Å². The van der Waals surface area contributed by atoms with Crippen LogP contribution in [-0.2, 0) is 11.2 Å². The first-order valence-corrected chi connectivity index (χ1v) is 8.03. The first kappa shape index (κ1) is 13.4. The fourth-order valence-electron chi connectivity index (χ4n) is 3.27. The number of amides is 1. The molecule has 1 aliphatic heterocycles. The Morgan fingerprint density at radius 2 is 1.59 bits per heavy atom. The average Bonchev–Trinajstić information content (AvgIpc) is 3.39. The van der Waals surface area contributed by atoms with E-state index in [4.69, 9.17) is 0 Å². The highest BCUT2D eigenvalue weighted by Crippen LogP contribution is 2.39. The second-order valence-electron chi connectivity index (χ2n) is 6.12. The summed E-state index contributed by atoms with van der Waals surface area (Å²) in [5.74, 6) is 0.189. The van der Waals surface area contributed by atoms with Gasteiger partial charge in [-0.25, -0.2) is 0 Å². The summed E-state index contributed by atoms with van der Waals surface area (Å²) in [6.07, 6.45) is 3.04. The summed E-state index contributed by atoms with van der Waals surface area (Å²) >= 11 is 0. The number of carbonyl (C=O) groups excluding carboxylic acids is 1. The maximum atomic E-state index is 12.7. The molecule has 2 aliphatic rings. The summed E-state index contributed by atoms with van der Waals surface area (Å²) in [4.78, 5) is 17.2. The summed E-state index contributed by atoms with van der Waals surface area (Å²) in [6, 6.07) is 19.0. The Morgan fingerprint density at radius 1 is 0.909 bits per heavy atom. The molecule has 0 bridgehead atoms. The van der Waals surface area contributed by atoms with Gasteiger partial charge in [-0.15, -0.1) is 0 Å². The van der Waals surface area contributed by atoms with Crippen molar-refractivity contribution in [3.05, 3.63) is 60.2 Å². The number of fused-ring (bicyclic) bond motifs is 1. The smallest absolute Gasteiger partial charge is 0.231 e. The molecule has 22 heavy (non-hydrogen) atoms. The van der Waals surface area contributed by atoms with Crippen molar-refractivity contribution in [1.29, 1.82) is 0 Å². The minimum absolute atomic E-state index is 0.189. The third-order valence-corrected chi connectivity index (χ3v) is 4.53. The topological polar surface area (TPSA) is 23.6 Å². The largest absolute Gasteiger partial charge is 0.365 e. The van der Waals surface area contributed by atoms with Crippen LogP contribution in [0, 0.1) is 0 Å². The van der Waals surface area contributed by atoms with Crippen molar-refractivity contribution in [2.24, 2.45) is 0 Å². The standard InChI is InChI=1S/C19H20N2O/c22-19(14-15-6-2-1-3-7-15)21-13-12-20(16-10-11-16)17-8-4-5-9-18(17)21/h1-9,16H,10-14H2. The van der Waals surface area contributed by atoms with Crippen LogP contribution < -0.4 is 9.80 Å². The van der Waals surface area contributed by atoms with Crippen LogP contribution in [0.1, 0.15) is 18.4 Å². The van der Waals surface area contributed by atoms with Crippen molar-refractivity contribution in [2.75, 3.05) is 22.9 Å². The summed E-state index contributed by atoms with van der Waals surface area (Å²) in [5.41, 5.74) is 3.37. The van der Waals surface area contributed by atoms with E-state index < -0.39 is 0 Å². The second-order valence-corrected chi connectivity index (χ2v) is 6.12. The molecule has 1 heterocycles. The van der Waals surface area contributed by atoms with Gasteiger partial charge >= 0.3 is 0 Å². The Bertz CT molecular complexity index is 679. The summed E-state index contributed by atoms with van der Waals surface area (Å²) < 4.78 is 0. The van der Waals surface area contributed by atoms with Crippen molar-refractivity contribution < 1.29 is 4.79 Å². The van der Waals surface area contributed by atoms with Crippen LogP contribution >= 0.6 is 0 Å². The van der Waals surface area contributed by atoms with Crippen LogP contribution in [0.2, 0.25) is 0 Å². The summed E-state index contributed by atoms with van der Waals surface area (Å²) in [5, 5.41) is 0. The van der Waals surface area contributed by atoms with Crippen molar-refractivity contribution >= 4 is 17.3 Å². The van der Waals surface area contributed by atoms with Crippen LogP contribution in [-0.4, -0.2) is 25.0 Å². The minimum atomic E-state index is 0.189. The van der Waals surface area contributed by atoms with E-state index in [1.807, 2.05) is 41.3 Å². The lowest BCUT2D eigenvalue weighted by molar-refractivity contribution is -0.118. The van der Waals surface area contributed by atoms with Gasteiger partial charge in [0.05, 0.1) is 17.8 Å². The number of rotatable bonds is 3. The van der Waals surface area contributed by atoms with Crippen LogP contribution in [0.5, 0.6) is 0 Å². The van der Waals surface area contributed by atoms with E-state index in [0.29, 0.717) is 12.5 Å². The van der Waals surface area contributed by atoms with Gasteiger partial charge < -0.3 is 9.80 Å². The fourth-order valence-corrected chi connectivity index (χ4v) is 3.27. The number of anilines is 2. The monoisotopic (exact) mass is 292 g/mol. The molecule has 0 saturated heterocycles. The van der Waals surface area contributed by atoms with Gasteiger partial charge in [0.15, 0.2) is 0 Å². The molecule has 1 amide bonds. The Hall–Kier alpha value is -2.29. The Balaban J connectivity index is 1.59. The molecule has 0 radical (unpaired) electrons. The van der Waals surface area contributed by atoms with Gasteiger partial charge in [0.25, 0.3) is 0 Å². The number of nitrogens with zero attached hydrogens (tertiary/aromatic N) is 2. The van der Waals surface area contributed by atoms with Crippen molar-refractivity contribution in [2.45, 2.75) is 25.3 Å². The highest BCUT2D eigenvalue weighted by atomic mass is 16.2. The van der Waals surface area contributed by atoms with Crippen LogP contribution in [0.3, 0.4) is 0 Å². The first-order valence-electron chi connectivity index (χ1n) is 8.03. The van der Waals surface area contributed by atoms with E-state index in [1.165, 1.54) is 18.5 Å². The normalized spacial score (nSPS) is 17.3. The summed E-state index contributed by atoms with van der Waals surface area (Å²) in [6.45, 7) is 1.74. The number of para-hydroxylation sites is 2. The highest BCUT2D eigenvalue weighted by molar-refractivity contribution is 5.99. The molecule has 4 rings (SSSR count). The average molecular weight is 292 g/mol. The van der Waals surface area contributed by atoms with Crippen LogP contribution in [0.15, 0.2) is 54.6 Å². The highest BCUT2D eigenvalue weighted by Gasteiger charge is 2.35. The Kier molecular flexibility index (Phi) is 3.34. The molecular weight excluding hydrogens is 272 g/mol. The Morgan fingerprint density at radius 3 is 2.32 bits per heavy atom. The first-order chi connectivity index (χ1) is 10.8. The molecule has 0 aromatic heterocycles. The maximum absolute atomic E-state index is 12.7. The molecule has 1 aliphatic carbocycles. The molecule has 3 nitrogen and oxygen atoms in total. The van der Waals surface area contributed by atoms with Gasteiger partial charge in [-0.2, -0.15) is 0 Å². The molecule has 1 fully saturated rings. The van der Waals surface area contributed by atoms with Crippen LogP contribution in [0.25, 0.3) is 0 Å². The lowest BCUT2D eigenvalue weighted by Crippen LogP contribution is -2.45. The molecule has 3 heteroatoms. The van der Waals surface area contributed by atoms with Crippen molar-refractivity contribution in [3.8, 4) is 0 Å². The third kappa shape index (κ3) is 2.47. The number of carbonyl (C=O) groups is 1. The molecule has 0 atom stereocenters. The fraction of sp³-hybridized carbons (Fsp3) is 0.316. The molecular formula is C19H20N2O. The number of hydrogen-bond donors (Lipinski definition) is 0. The van der Waals surface area contributed by atoms with Gasteiger partial charge in [0.1, 0.15) is 0 Å². The van der Waals surface area contributed by atoms with Gasteiger partial charge in [0, 0.05) is 19.1 Å². The van der Waals surface area contributed by atoms with Gasteiger partial charge in [-0.1, -0.05) is 42.5 Å². The quantitative estimate of drug-likeness (QED) is 0.867. The van der Waals surface area contributed by atoms with Gasteiger partial charge in [-0.3, -0.25) is 4.79 Å². The molecule has 1 saturated carbocycles. The minimum Gasteiger partial charge on any atom is -0.365 e. The molecule has 2 aromatic rings. The predicted molar refractivity (Wildman–Crippen MR) is 89.3 cm³/mol. The molecule has 0 unspecified atom stereocenters. The second kappa shape index (κ2) is 5.48. The van der Waals surface area contributed by atoms with E-state index >= 15 is 0 Å². The molecule has 0 spiro atoms. The van der Waals surface area contributed by atoms with E-state index in [0.717, 1.165) is 24.3 Å². The zero-order valence-corrected chi connectivity index (χ0v) is 12.6. The zero-order valence-electron chi connectivity index (χ0n) is 12.6. The lowest BCUT2D eigenvalue weighted by Gasteiger charge is -2.38. The maximum Gasteiger partial charge on any atom is 0.231 e. The van der Waals surface area contributed by atoms with E-state index in [2.05, 4.69) is 23.1 Å². The van der Waals surface area contributed by atoms with Crippen molar-refractivity contribution in [1.82, 2.24) is 0 Å². The number of hydrogen-bond acceptors (Lipinski definition) is 2. The third-order valence-electron chi connectivity index (χ3n) is 4.53. The summed E-state index contributed by atoms with van der Waals surface area (Å²) in [7, 11) is 0. The van der Waals surface area contributed by atoms with Gasteiger partial charge in [0.2, 0.25) is 5.91 Å². The van der Waals surface area contributed by atoms with Crippen LogP contribution in [0.4, 0.5) is 11.4 Å². The lowest BCUT2D eigenvalue weighted by atomic mass is 10.1. The van der Waals surface area contributed by atoms with E-state index in [-0.39, 0.29) is 5.91 Å².